The first-order chi connectivity index (χ1) is 41.6. The fourth-order valence-corrected chi connectivity index (χ4v) is 12.7. The summed E-state index contributed by atoms with van der Waals surface area (Å²) in [6.07, 6.45) is 8.88. The number of carbonyl (C=O) groups is 3. The number of nitrogens with one attached hydrogen (secondary N) is 3. The van der Waals surface area contributed by atoms with Crippen LogP contribution in [-0.4, -0.2) is 92.8 Å². The average molecular weight is 1300 g/mol. The van der Waals surface area contributed by atoms with Gasteiger partial charge in [0.15, 0.2) is 29.5 Å². The van der Waals surface area contributed by atoms with Gasteiger partial charge in [-0.2, -0.15) is 0 Å². The maximum atomic E-state index is 12.5. The van der Waals surface area contributed by atoms with Gasteiger partial charge in [-0.3, -0.25) is 28.9 Å². The third kappa shape index (κ3) is 20.7. The number of aryl methyl sites for hydroxylation is 2. The molecule has 17 nitrogen and oxygen atoms in total. The molecule has 3 atom stereocenters. The molecule has 23 heteroatoms. The number of nitrogens with zero attached hydrogens (tertiary/aromatic N) is 3. The number of nitrogens with two attached hydrogens (primary N) is 1. The molecule has 6 aromatic rings. The first-order valence-corrected chi connectivity index (χ1v) is 34.8. The number of halogens is 3. The molecule has 0 saturated heterocycles. The molecule has 0 unspecified atom stereocenters. The van der Waals surface area contributed by atoms with Crippen LogP contribution in [0.3, 0.4) is 0 Å². The summed E-state index contributed by atoms with van der Waals surface area (Å²) in [6, 6.07) is 25.8. The Bertz CT molecular complexity index is 3450. The van der Waals surface area contributed by atoms with Crippen molar-refractivity contribution in [3.63, 3.8) is 0 Å². The van der Waals surface area contributed by atoms with Gasteiger partial charge in [-0.15, -0.1) is 23.2 Å². The van der Waals surface area contributed by atoms with Crippen LogP contribution >= 0.6 is 23.2 Å². The Labute approximate surface area is 525 Å². The second kappa shape index (κ2) is 34.5. The molecule has 0 bridgehead atoms. The highest BCUT2D eigenvalue weighted by Crippen LogP contribution is 2.38. The van der Waals surface area contributed by atoms with Crippen molar-refractivity contribution in [2.45, 2.75) is 147 Å². The van der Waals surface area contributed by atoms with Crippen molar-refractivity contribution in [3.8, 4) is 0 Å². The molecule has 0 fully saturated rings. The van der Waals surface area contributed by atoms with Crippen molar-refractivity contribution in [2.75, 3.05) is 29.8 Å². The number of rotatable bonds is 17. The fraction of sp³-hybridized carbons (Fsp3) is 0.438. The van der Waals surface area contributed by atoms with Gasteiger partial charge < -0.3 is 26.8 Å². The van der Waals surface area contributed by atoms with E-state index in [1.54, 1.807) is 112 Å². The van der Waals surface area contributed by atoms with Crippen molar-refractivity contribution in [1.82, 2.24) is 30.9 Å². The van der Waals surface area contributed by atoms with Crippen LogP contribution in [0.4, 0.5) is 4.39 Å². The Morgan fingerprint density at radius 3 is 1.26 bits per heavy atom. The smallest absolute Gasteiger partial charge is 0.337 e. The number of carbonyl (C=O) groups excluding carboxylic acids is 2. The van der Waals surface area contributed by atoms with E-state index in [9.17, 15) is 44.0 Å². The Kier molecular flexibility index (Phi) is 28.4. The third-order valence-corrected chi connectivity index (χ3v) is 20.4. The molecule has 2 amide bonds. The summed E-state index contributed by atoms with van der Waals surface area (Å²) in [7, 11) is -10.5. The quantitative estimate of drug-likeness (QED) is 0.0531. The maximum absolute atomic E-state index is 12.5. The predicted molar refractivity (Wildman–Crippen MR) is 342 cm³/mol. The Morgan fingerprint density at radius 2 is 0.931 bits per heavy atom. The topological polar surface area (TPSA) is 275 Å². The normalized spacial score (nSPS) is 15.6. The summed E-state index contributed by atoms with van der Waals surface area (Å²) in [5, 5.41) is 18.2. The van der Waals surface area contributed by atoms with Crippen molar-refractivity contribution in [2.24, 2.45) is 23.5 Å². The van der Waals surface area contributed by atoms with Crippen LogP contribution < -0.4 is 21.7 Å². The number of alkyl halides is 3. The zero-order valence-electron chi connectivity index (χ0n) is 51.9. The van der Waals surface area contributed by atoms with Crippen molar-refractivity contribution in [3.05, 3.63) is 177 Å². The molecule has 0 spiro atoms. The van der Waals surface area contributed by atoms with E-state index in [4.69, 9.17) is 35.4 Å². The van der Waals surface area contributed by atoms with Gasteiger partial charge in [0.2, 0.25) is 0 Å². The molecule has 3 aromatic heterocycles. The SMILES string of the molecule is CC(C)[C@@H]1CCc2cc(C(=O)O)cnc21.CCS(=O)(=O)c1ccc(CN)cc1.CCS(=O)(=O)c1ccc(CNC(=O)c2cnc3c(c2)CC[C@H]3C(C)C)cc1.CCS(=O)(=O)c1ccc(CNC(=O)c2cnc3c(c2)CN[C@H]3C(C)C)cc1.ClCCl.[2H]CF. The van der Waals surface area contributed by atoms with Gasteiger partial charge in [0, 0.05) is 68.0 Å². The summed E-state index contributed by atoms with van der Waals surface area (Å²) in [5.74, 6) is 1.59. The minimum atomic E-state index is -3.21. The van der Waals surface area contributed by atoms with E-state index in [1.165, 1.54) is 11.8 Å². The second-order valence-corrected chi connectivity index (χ2v) is 29.4. The van der Waals surface area contributed by atoms with Gasteiger partial charge in [-0.25, -0.2) is 30.0 Å². The number of fused-ring (bicyclic) bond motifs is 3. The zero-order valence-corrected chi connectivity index (χ0v) is 54.9. The summed E-state index contributed by atoms with van der Waals surface area (Å²) in [6.45, 7) is 19.8. The van der Waals surface area contributed by atoms with E-state index in [0.717, 1.165) is 77.1 Å². The van der Waals surface area contributed by atoms with Crippen LogP contribution in [0.2, 0.25) is 0 Å². The summed E-state index contributed by atoms with van der Waals surface area (Å²) >= 11 is 9.53. The Hall–Kier alpha value is -6.20. The van der Waals surface area contributed by atoms with Gasteiger partial charge in [-0.05, 0) is 131 Å². The van der Waals surface area contributed by atoms with Crippen molar-refractivity contribution >= 4 is 70.5 Å². The number of carboxylic acids is 1. The number of sulfone groups is 3. The highest BCUT2D eigenvalue weighted by molar-refractivity contribution is 7.92. The summed E-state index contributed by atoms with van der Waals surface area (Å²) < 4.78 is 85.6. The summed E-state index contributed by atoms with van der Waals surface area (Å²) in [4.78, 5) is 50.0. The molecular formula is C64H84Cl2FN7O10S3. The lowest BCUT2D eigenvalue weighted by Gasteiger charge is -2.15. The second-order valence-electron chi connectivity index (χ2n) is 21.8. The predicted octanol–water partition coefficient (Wildman–Crippen LogP) is 11.5. The molecule has 3 aliphatic rings. The van der Waals surface area contributed by atoms with E-state index in [1.807, 2.05) is 12.1 Å². The number of benzene rings is 3. The highest BCUT2D eigenvalue weighted by Gasteiger charge is 2.30. The lowest BCUT2D eigenvalue weighted by molar-refractivity contribution is 0.0695. The number of aromatic nitrogens is 3. The molecule has 3 aromatic carbocycles. The van der Waals surface area contributed by atoms with Crippen LogP contribution in [0, 0.1) is 17.8 Å². The lowest BCUT2D eigenvalue weighted by atomic mass is 9.93. The average Bonchev–Trinajstić information content (AvgIpc) is 2.01. The molecule has 1 aliphatic heterocycles. The van der Waals surface area contributed by atoms with Gasteiger partial charge >= 0.3 is 5.97 Å². The van der Waals surface area contributed by atoms with E-state index < -0.39 is 42.6 Å². The largest absolute Gasteiger partial charge is 0.478 e. The van der Waals surface area contributed by atoms with Crippen LogP contribution in [-0.2, 0) is 68.5 Å². The molecule has 4 heterocycles. The van der Waals surface area contributed by atoms with Crippen LogP contribution in [0.25, 0.3) is 0 Å². The molecule has 0 radical (unpaired) electrons. The van der Waals surface area contributed by atoms with E-state index in [0.29, 0.717) is 80.6 Å². The standard InChI is InChI=1S/C21H26N2O3S.C20H25N3O3S.C12H15NO2.C9H13NO2S.CH2Cl2.CH3F/c1-4-27(25,26)18-8-5-15(6-9-18)12-23-21(24)17-11-16-7-10-19(14(2)3)20(16)22-13-17;1-4-27(25,26)17-7-5-14(6-8-17)10-23-20(24)16-9-15-11-21-18(13(2)3)19(15)22-12-16;1-7(2)10-4-3-8-5-9(12(14)15)6-13-11(8)10;1-2-13(11,12)9-5-3-8(7-10)4-6-9;2-1-3;1-2/h5-6,8-9,11,13-14,19H,4,7,10,12H2,1-3H3,(H,23,24);5-9,12-13,18,21H,4,10-11H2,1-3H3,(H,23,24);5-7,10H,3-4H2,1-2H3,(H,14,15);3-6H,2,7,10H2,1H3;1H2;1H3/t19-;18-;10-;;;/m000.../s1/i;;;;;1D. The van der Waals surface area contributed by atoms with Crippen LogP contribution in [0.15, 0.2) is 124 Å². The number of hydrogen-bond acceptors (Lipinski definition) is 14. The first-order valence-electron chi connectivity index (χ1n) is 29.5. The summed E-state index contributed by atoms with van der Waals surface area (Å²) in [5.41, 5.74) is 16.1. The number of hydrogen-bond donors (Lipinski definition) is 5. The van der Waals surface area contributed by atoms with Gasteiger partial charge in [-0.1, -0.05) is 98.7 Å². The van der Waals surface area contributed by atoms with E-state index >= 15 is 0 Å². The molecule has 474 valence electrons. The monoisotopic (exact) mass is 1300 g/mol. The first kappa shape index (κ1) is 71.6. The van der Waals surface area contributed by atoms with Crippen LogP contribution in [0.5, 0.6) is 0 Å². The number of amides is 2. The zero-order chi connectivity index (χ0) is 65.5. The maximum Gasteiger partial charge on any atom is 0.337 e. The van der Waals surface area contributed by atoms with Crippen LogP contribution in [0.1, 0.15) is 176 Å². The molecular weight excluding hydrogens is 1210 g/mol. The minimum Gasteiger partial charge on any atom is -0.478 e. The van der Waals surface area contributed by atoms with Gasteiger partial charge in [0.05, 0.1) is 74.2 Å². The number of aromatic carboxylic acids is 1. The van der Waals surface area contributed by atoms with E-state index in [2.05, 4.69) is 72.4 Å². The van der Waals surface area contributed by atoms with Gasteiger partial charge in [0.25, 0.3) is 11.8 Å². The molecule has 6 N–H and O–H groups in total. The van der Waals surface area contributed by atoms with Gasteiger partial charge in [0.1, 0.15) is 0 Å². The number of carboxylic acid groups (broad SMARTS) is 1. The van der Waals surface area contributed by atoms with Crippen molar-refractivity contribution in [1.29, 1.82) is 0 Å². The molecule has 2 aliphatic carbocycles. The Morgan fingerprint density at radius 1 is 0.598 bits per heavy atom. The van der Waals surface area contributed by atoms with Crippen molar-refractivity contribution < 1.29 is 50.5 Å². The Balaban J connectivity index is 0.000000253. The molecule has 0 saturated carbocycles. The minimum absolute atomic E-state index is 0.0704. The van der Waals surface area contributed by atoms with E-state index in [-0.39, 0.29) is 40.5 Å². The fourth-order valence-electron chi connectivity index (χ4n) is 10.0. The molecule has 9 rings (SSSR count). The number of pyridine rings is 3. The lowest BCUT2D eigenvalue weighted by Crippen LogP contribution is -2.23. The highest BCUT2D eigenvalue weighted by atomic mass is 35.5. The molecule has 87 heavy (non-hydrogen) atoms. The third-order valence-electron chi connectivity index (χ3n) is 15.1.